The highest BCUT2D eigenvalue weighted by molar-refractivity contribution is 5.82. The van der Waals surface area contributed by atoms with E-state index < -0.39 is 0 Å². The summed E-state index contributed by atoms with van der Waals surface area (Å²) in [6, 6.07) is 0. The SMILES string of the molecule is C=Cc1nc(C=C)c(C=NCC)nc1C=C. The van der Waals surface area contributed by atoms with Gasteiger partial charge in [0.05, 0.1) is 17.1 Å². The Morgan fingerprint density at radius 2 is 1.38 bits per heavy atom. The van der Waals surface area contributed by atoms with E-state index in [1.165, 1.54) is 0 Å². The quantitative estimate of drug-likeness (QED) is 0.705. The minimum absolute atomic E-state index is 0.706. The molecule has 1 rings (SSSR count). The van der Waals surface area contributed by atoms with Crippen molar-refractivity contribution in [2.45, 2.75) is 6.92 Å². The summed E-state index contributed by atoms with van der Waals surface area (Å²) in [6.07, 6.45) is 6.66. The molecule has 0 bridgehead atoms. The molecule has 0 unspecified atom stereocenters. The summed E-state index contributed by atoms with van der Waals surface area (Å²) >= 11 is 0. The van der Waals surface area contributed by atoms with Gasteiger partial charge in [-0.2, -0.15) is 0 Å². The summed E-state index contributed by atoms with van der Waals surface area (Å²) < 4.78 is 0. The average Bonchev–Trinajstić information content (AvgIpc) is 2.35. The molecular formula is C13H15N3. The highest BCUT2D eigenvalue weighted by Crippen LogP contribution is 2.11. The number of aromatic nitrogens is 2. The molecule has 0 aliphatic rings. The fourth-order valence-corrected chi connectivity index (χ4v) is 1.21. The first-order valence-corrected chi connectivity index (χ1v) is 5.06. The molecule has 1 aromatic rings. The molecule has 3 nitrogen and oxygen atoms in total. The normalized spacial score (nSPS) is 10.3. The molecule has 0 atom stereocenters. The molecule has 0 amide bonds. The molecule has 3 heteroatoms. The Balaban J connectivity index is 3.36. The van der Waals surface area contributed by atoms with E-state index in [1.54, 1.807) is 24.4 Å². The van der Waals surface area contributed by atoms with Crippen LogP contribution in [-0.4, -0.2) is 22.7 Å². The van der Waals surface area contributed by atoms with Crippen molar-refractivity contribution in [2.24, 2.45) is 4.99 Å². The van der Waals surface area contributed by atoms with Gasteiger partial charge in [-0.15, -0.1) is 0 Å². The Hall–Kier alpha value is -2.03. The molecule has 0 saturated heterocycles. The van der Waals surface area contributed by atoms with Gasteiger partial charge in [-0.1, -0.05) is 19.7 Å². The van der Waals surface area contributed by atoms with E-state index in [-0.39, 0.29) is 0 Å². The van der Waals surface area contributed by atoms with E-state index in [9.17, 15) is 0 Å². The molecule has 0 N–H and O–H groups in total. The van der Waals surface area contributed by atoms with Gasteiger partial charge in [0, 0.05) is 12.8 Å². The Labute approximate surface area is 96.0 Å². The number of hydrogen-bond donors (Lipinski definition) is 0. The summed E-state index contributed by atoms with van der Waals surface area (Å²) in [4.78, 5) is 12.9. The zero-order chi connectivity index (χ0) is 12.0. The van der Waals surface area contributed by atoms with Crippen molar-refractivity contribution in [3.63, 3.8) is 0 Å². The summed E-state index contributed by atoms with van der Waals surface area (Å²) in [5.74, 6) is 0. The maximum absolute atomic E-state index is 4.40. The number of aliphatic imine (C=N–C) groups is 1. The summed E-state index contributed by atoms with van der Waals surface area (Å²) in [6.45, 7) is 13.8. The van der Waals surface area contributed by atoms with Crippen LogP contribution in [0.15, 0.2) is 24.7 Å². The fraction of sp³-hybridized carbons (Fsp3) is 0.154. The molecule has 0 radical (unpaired) electrons. The lowest BCUT2D eigenvalue weighted by molar-refractivity contribution is 1.10. The van der Waals surface area contributed by atoms with Gasteiger partial charge in [0.25, 0.3) is 0 Å². The van der Waals surface area contributed by atoms with Crippen LogP contribution in [0.5, 0.6) is 0 Å². The van der Waals surface area contributed by atoms with E-state index in [0.717, 1.165) is 0 Å². The van der Waals surface area contributed by atoms with Gasteiger partial charge in [-0.3, -0.25) is 4.99 Å². The lowest BCUT2D eigenvalue weighted by Gasteiger charge is -2.04. The third-order valence-electron chi connectivity index (χ3n) is 1.98. The third-order valence-corrected chi connectivity index (χ3v) is 1.98. The van der Waals surface area contributed by atoms with Crippen LogP contribution in [0, 0.1) is 0 Å². The molecule has 82 valence electrons. The molecular weight excluding hydrogens is 198 g/mol. The predicted octanol–water partition coefficient (Wildman–Crippen LogP) is 2.84. The van der Waals surface area contributed by atoms with Gasteiger partial charge < -0.3 is 0 Å². The monoisotopic (exact) mass is 213 g/mol. The van der Waals surface area contributed by atoms with Crippen LogP contribution in [0.2, 0.25) is 0 Å². The molecule has 0 saturated carbocycles. The fourth-order valence-electron chi connectivity index (χ4n) is 1.21. The van der Waals surface area contributed by atoms with E-state index in [1.807, 2.05) is 6.92 Å². The number of rotatable bonds is 5. The molecule has 0 aromatic carbocycles. The van der Waals surface area contributed by atoms with Crippen LogP contribution >= 0.6 is 0 Å². The second-order valence-electron chi connectivity index (χ2n) is 3.00. The van der Waals surface area contributed by atoms with Crippen LogP contribution in [0.25, 0.3) is 18.2 Å². The molecule has 16 heavy (non-hydrogen) atoms. The van der Waals surface area contributed by atoms with Crippen molar-refractivity contribution in [3.05, 3.63) is 42.5 Å². The highest BCUT2D eigenvalue weighted by Gasteiger charge is 2.05. The van der Waals surface area contributed by atoms with Crippen LogP contribution in [0.1, 0.15) is 29.7 Å². The molecule has 0 fully saturated rings. The van der Waals surface area contributed by atoms with Crippen LogP contribution in [0.3, 0.4) is 0 Å². The largest absolute Gasteiger partial charge is 0.291 e. The molecule has 1 aromatic heterocycles. The zero-order valence-corrected chi connectivity index (χ0v) is 9.48. The minimum atomic E-state index is 0.706. The minimum Gasteiger partial charge on any atom is -0.291 e. The first kappa shape index (κ1) is 12.0. The topological polar surface area (TPSA) is 38.1 Å². The second kappa shape index (κ2) is 5.75. The lowest BCUT2D eigenvalue weighted by atomic mass is 10.2. The number of nitrogens with zero attached hydrogens (tertiary/aromatic N) is 3. The molecule has 0 aliphatic carbocycles. The smallest absolute Gasteiger partial charge is 0.107 e. The lowest BCUT2D eigenvalue weighted by Crippen LogP contribution is -2.02. The second-order valence-corrected chi connectivity index (χ2v) is 3.00. The van der Waals surface area contributed by atoms with Gasteiger partial charge in [0.1, 0.15) is 5.69 Å². The maximum atomic E-state index is 4.40. The van der Waals surface area contributed by atoms with Gasteiger partial charge in [0.15, 0.2) is 0 Å². The molecule has 0 spiro atoms. The van der Waals surface area contributed by atoms with Crippen molar-refractivity contribution in [2.75, 3.05) is 6.54 Å². The Morgan fingerprint density at radius 1 is 0.938 bits per heavy atom. The van der Waals surface area contributed by atoms with Crippen LogP contribution in [-0.2, 0) is 0 Å². The van der Waals surface area contributed by atoms with Crippen LogP contribution < -0.4 is 0 Å². The summed E-state index contributed by atoms with van der Waals surface area (Å²) in [7, 11) is 0. The Kier molecular flexibility index (Phi) is 4.33. The molecule has 1 heterocycles. The van der Waals surface area contributed by atoms with Gasteiger partial charge in [-0.05, 0) is 25.2 Å². The zero-order valence-electron chi connectivity index (χ0n) is 9.48. The van der Waals surface area contributed by atoms with E-state index in [2.05, 4.69) is 34.7 Å². The summed E-state index contributed by atoms with van der Waals surface area (Å²) in [5, 5.41) is 0. The van der Waals surface area contributed by atoms with Crippen LogP contribution in [0.4, 0.5) is 0 Å². The van der Waals surface area contributed by atoms with Crippen molar-refractivity contribution < 1.29 is 0 Å². The van der Waals surface area contributed by atoms with E-state index in [4.69, 9.17) is 0 Å². The summed E-state index contributed by atoms with van der Waals surface area (Å²) in [5.41, 5.74) is 2.83. The molecule has 0 aliphatic heterocycles. The van der Waals surface area contributed by atoms with Crippen molar-refractivity contribution in [1.29, 1.82) is 0 Å². The maximum Gasteiger partial charge on any atom is 0.107 e. The number of hydrogen-bond acceptors (Lipinski definition) is 3. The average molecular weight is 213 g/mol. The van der Waals surface area contributed by atoms with Gasteiger partial charge >= 0.3 is 0 Å². The third kappa shape index (κ3) is 2.51. The van der Waals surface area contributed by atoms with Crippen molar-refractivity contribution in [3.8, 4) is 0 Å². The van der Waals surface area contributed by atoms with Gasteiger partial charge in [-0.25, -0.2) is 9.97 Å². The first-order valence-electron chi connectivity index (χ1n) is 5.06. The highest BCUT2D eigenvalue weighted by atomic mass is 14.9. The van der Waals surface area contributed by atoms with Crippen molar-refractivity contribution in [1.82, 2.24) is 9.97 Å². The Bertz CT molecular complexity index is 445. The predicted molar refractivity (Wildman–Crippen MR) is 70.4 cm³/mol. The van der Waals surface area contributed by atoms with E-state index >= 15 is 0 Å². The Morgan fingerprint density at radius 3 is 1.81 bits per heavy atom. The van der Waals surface area contributed by atoms with Crippen molar-refractivity contribution >= 4 is 24.4 Å². The standard InChI is InChI=1S/C13H15N3/c1-5-10-11(6-2)16-13(9-14-8-4)12(7-3)15-10/h5-7,9H,1-3,8H2,4H3. The first-order chi connectivity index (χ1) is 7.76. The van der Waals surface area contributed by atoms with Gasteiger partial charge in [0.2, 0.25) is 0 Å². The van der Waals surface area contributed by atoms with E-state index in [0.29, 0.717) is 29.3 Å².